The van der Waals surface area contributed by atoms with Crippen molar-refractivity contribution in [1.82, 2.24) is 19.5 Å². The van der Waals surface area contributed by atoms with Crippen molar-refractivity contribution in [2.75, 3.05) is 18.4 Å². The standard InChI is InChI=1S/C24H29BrClN5O2/c1-15-8-9-17(19(26)11-15)20-12-21(31-22(29-20)18(25)14-28-31)27-13-16-7-5-6-10-30(16)23(32)33-24(2,3)4/h8-9,11-12,14,16,27H,5-7,10,13H2,1-4H3. The molecule has 1 atom stereocenters. The first-order chi connectivity index (χ1) is 15.6. The van der Waals surface area contributed by atoms with Gasteiger partial charge in [0.2, 0.25) is 0 Å². The maximum absolute atomic E-state index is 12.8. The van der Waals surface area contributed by atoms with Crippen LogP contribution in [0.25, 0.3) is 16.9 Å². The van der Waals surface area contributed by atoms with Gasteiger partial charge in [-0.15, -0.1) is 0 Å². The summed E-state index contributed by atoms with van der Waals surface area (Å²) in [7, 11) is 0. The van der Waals surface area contributed by atoms with Crippen LogP contribution in [-0.4, -0.2) is 50.3 Å². The molecule has 1 aliphatic heterocycles. The van der Waals surface area contributed by atoms with E-state index in [1.807, 2.05) is 56.9 Å². The van der Waals surface area contributed by atoms with Crippen LogP contribution in [0, 0.1) is 6.92 Å². The van der Waals surface area contributed by atoms with Crippen molar-refractivity contribution in [3.63, 3.8) is 0 Å². The monoisotopic (exact) mass is 533 g/mol. The fourth-order valence-electron chi connectivity index (χ4n) is 4.02. The highest BCUT2D eigenvalue weighted by Gasteiger charge is 2.30. The molecule has 1 unspecified atom stereocenters. The third kappa shape index (κ3) is 5.44. The number of hydrogen-bond donors (Lipinski definition) is 1. The van der Waals surface area contributed by atoms with E-state index in [-0.39, 0.29) is 12.1 Å². The van der Waals surface area contributed by atoms with E-state index in [0.717, 1.165) is 46.4 Å². The predicted molar refractivity (Wildman–Crippen MR) is 135 cm³/mol. The molecule has 7 nitrogen and oxygen atoms in total. The molecule has 1 fully saturated rings. The molecule has 9 heteroatoms. The number of likely N-dealkylation sites (tertiary alicyclic amines) is 1. The van der Waals surface area contributed by atoms with Crippen LogP contribution in [0.15, 0.2) is 34.9 Å². The number of piperidine rings is 1. The van der Waals surface area contributed by atoms with Gasteiger partial charge in [0.25, 0.3) is 0 Å². The Hall–Kier alpha value is -2.32. The number of anilines is 1. The molecule has 1 aliphatic rings. The zero-order chi connectivity index (χ0) is 23.8. The number of carbonyl (C=O) groups excluding carboxylic acids is 1. The van der Waals surface area contributed by atoms with Gasteiger partial charge in [0.1, 0.15) is 11.4 Å². The van der Waals surface area contributed by atoms with Gasteiger partial charge in [0.05, 0.1) is 27.4 Å². The summed E-state index contributed by atoms with van der Waals surface area (Å²) in [6.07, 6.45) is 4.44. The van der Waals surface area contributed by atoms with E-state index in [0.29, 0.717) is 23.8 Å². The lowest BCUT2D eigenvalue weighted by Crippen LogP contribution is -2.49. The lowest BCUT2D eigenvalue weighted by Gasteiger charge is -2.37. The number of benzene rings is 1. The first-order valence-corrected chi connectivity index (χ1v) is 12.3. The van der Waals surface area contributed by atoms with E-state index in [1.54, 1.807) is 10.7 Å². The van der Waals surface area contributed by atoms with Crippen LogP contribution in [0.4, 0.5) is 10.6 Å². The van der Waals surface area contributed by atoms with E-state index in [2.05, 4.69) is 26.3 Å². The molecule has 1 saturated heterocycles. The first-order valence-electron chi connectivity index (χ1n) is 11.2. The summed E-state index contributed by atoms with van der Waals surface area (Å²) < 4.78 is 8.20. The van der Waals surface area contributed by atoms with Gasteiger partial charge < -0.3 is 15.0 Å². The average molecular weight is 535 g/mol. The molecule has 1 N–H and O–H groups in total. The molecule has 0 aliphatic carbocycles. The van der Waals surface area contributed by atoms with Gasteiger partial charge >= 0.3 is 6.09 Å². The topological polar surface area (TPSA) is 71.8 Å². The van der Waals surface area contributed by atoms with Crippen LogP contribution in [-0.2, 0) is 4.74 Å². The second-order valence-electron chi connectivity index (χ2n) is 9.44. The summed E-state index contributed by atoms with van der Waals surface area (Å²) in [5, 5.41) is 8.62. The summed E-state index contributed by atoms with van der Waals surface area (Å²) in [5.41, 5.74) is 2.87. The van der Waals surface area contributed by atoms with Gasteiger partial charge in [-0.2, -0.15) is 9.61 Å². The van der Waals surface area contributed by atoms with Crippen LogP contribution in [0.2, 0.25) is 5.02 Å². The quantitative estimate of drug-likeness (QED) is 0.424. The van der Waals surface area contributed by atoms with Crippen LogP contribution in [0.5, 0.6) is 0 Å². The van der Waals surface area contributed by atoms with Gasteiger partial charge in [-0.1, -0.05) is 23.7 Å². The smallest absolute Gasteiger partial charge is 0.410 e. The van der Waals surface area contributed by atoms with Gasteiger partial charge in [-0.3, -0.25) is 0 Å². The first kappa shape index (κ1) is 23.8. The Kier molecular flexibility index (Phi) is 6.86. The maximum atomic E-state index is 12.8. The molecule has 2 aromatic heterocycles. The zero-order valence-electron chi connectivity index (χ0n) is 19.4. The van der Waals surface area contributed by atoms with Gasteiger partial charge in [0.15, 0.2) is 5.65 Å². The van der Waals surface area contributed by atoms with Crippen LogP contribution >= 0.6 is 27.5 Å². The second-order valence-corrected chi connectivity index (χ2v) is 10.7. The van der Waals surface area contributed by atoms with Crippen molar-refractivity contribution in [3.05, 3.63) is 45.5 Å². The molecule has 0 radical (unpaired) electrons. The Bertz CT molecular complexity index is 1170. The van der Waals surface area contributed by atoms with Crippen molar-refractivity contribution >= 4 is 45.1 Å². The number of amides is 1. The molecular weight excluding hydrogens is 506 g/mol. The molecule has 0 bridgehead atoms. The Labute approximate surface area is 207 Å². The minimum atomic E-state index is -0.521. The van der Waals surface area contributed by atoms with Crippen LogP contribution in [0.3, 0.4) is 0 Å². The summed E-state index contributed by atoms with van der Waals surface area (Å²) in [6.45, 7) is 8.96. The third-order valence-electron chi connectivity index (χ3n) is 5.60. The maximum Gasteiger partial charge on any atom is 0.410 e. The lowest BCUT2D eigenvalue weighted by molar-refractivity contribution is 0.0114. The molecular formula is C24H29BrClN5O2. The molecule has 0 saturated carbocycles. The van der Waals surface area contributed by atoms with E-state index in [1.165, 1.54) is 0 Å². The van der Waals surface area contributed by atoms with E-state index in [4.69, 9.17) is 21.3 Å². The highest BCUT2D eigenvalue weighted by molar-refractivity contribution is 9.10. The number of nitrogens with zero attached hydrogens (tertiary/aromatic N) is 4. The minimum Gasteiger partial charge on any atom is -0.444 e. The van der Waals surface area contributed by atoms with Crippen molar-refractivity contribution in [1.29, 1.82) is 0 Å². The molecule has 176 valence electrons. The number of nitrogens with one attached hydrogen (secondary N) is 1. The molecule has 33 heavy (non-hydrogen) atoms. The Morgan fingerprint density at radius 2 is 2.09 bits per heavy atom. The Morgan fingerprint density at radius 3 is 2.82 bits per heavy atom. The number of aromatic nitrogens is 3. The third-order valence-corrected chi connectivity index (χ3v) is 6.48. The molecule has 3 heterocycles. The SMILES string of the molecule is Cc1ccc(-c2cc(NCC3CCCCN3C(=O)OC(C)(C)C)n3ncc(Br)c3n2)c(Cl)c1. The Balaban J connectivity index is 1.62. The van der Waals surface area contributed by atoms with Crippen LogP contribution in [0.1, 0.15) is 45.6 Å². The number of aryl methyl sites for hydroxylation is 1. The van der Waals surface area contributed by atoms with Crippen molar-refractivity contribution in [2.45, 2.75) is 58.6 Å². The fourth-order valence-corrected chi connectivity index (χ4v) is 4.70. The van der Waals surface area contributed by atoms with E-state index >= 15 is 0 Å². The highest BCUT2D eigenvalue weighted by atomic mass is 79.9. The normalized spacial score (nSPS) is 16.8. The van der Waals surface area contributed by atoms with Crippen molar-refractivity contribution in [3.8, 4) is 11.3 Å². The molecule has 3 aromatic rings. The largest absolute Gasteiger partial charge is 0.444 e. The average Bonchev–Trinajstić information content (AvgIpc) is 3.12. The number of ether oxygens (including phenoxy) is 1. The van der Waals surface area contributed by atoms with Crippen molar-refractivity contribution in [2.24, 2.45) is 0 Å². The van der Waals surface area contributed by atoms with Gasteiger partial charge in [-0.05, 0) is 74.5 Å². The number of hydrogen-bond acceptors (Lipinski definition) is 5. The van der Waals surface area contributed by atoms with Gasteiger partial charge in [-0.25, -0.2) is 9.78 Å². The molecule has 4 rings (SSSR count). The number of fused-ring (bicyclic) bond motifs is 1. The van der Waals surface area contributed by atoms with Crippen molar-refractivity contribution < 1.29 is 9.53 Å². The minimum absolute atomic E-state index is 0.0298. The Morgan fingerprint density at radius 1 is 1.30 bits per heavy atom. The number of carbonyl (C=O) groups is 1. The van der Waals surface area contributed by atoms with Crippen LogP contribution < -0.4 is 5.32 Å². The van der Waals surface area contributed by atoms with Gasteiger partial charge in [0, 0.05) is 24.7 Å². The summed E-state index contributed by atoms with van der Waals surface area (Å²) in [5.74, 6) is 0.784. The fraction of sp³-hybridized carbons (Fsp3) is 0.458. The summed E-state index contributed by atoms with van der Waals surface area (Å²) in [6, 6.07) is 7.91. The molecule has 0 spiro atoms. The highest BCUT2D eigenvalue weighted by Crippen LogP contribution is 2.31. The number of rotatable bonds is 4. The number of halogens is 2. The van der Waals surface area contributed by atoms with E-state index < -0.39 is 5.60 Å². The summed E-state index contributed by atoms with van der Waals surface area (Å²) >= 11 is 10.1. The molecule has 1 aromatic carbocycles. The predicted octanol–water partition coefficient (Wildman–Crippen LogP) is 6.32. The molecule has 1 amide bonds. The summed E-state index contributed by atoms with van der Waals surface area (Å²) in [4.78, 5) is 19.4. The second kappa shape index (κ2) is 9.50. The lowest BCUT2D eigenvalue weighted by atomic mass is 10.0. The zero-order valence-corrected chi connectivity index (χ0v) is 21.7. The van der Waals surface area contributed by atoms with E-state index in [9.17, 15) is 4.79 Å².